The Bertz CT molecular complexity index is 1440. The topological polar surface area (TPSA) is 102 Å². The second-order valence-corrected chi connectivity index (χ2v) is 10.5. The van der Waals surface area contributed by atoms with Crippen LogP contribution in [0.2, 0.25) is 0 Å². The normalized spacial score (nSPS) is 21.0. The van der Waals surface area contributed by atoms with Gasteiger partial charge in [0.15, 0.2) is 0 Å². The van der Waals surface area contributed by atoms with Crippen LogP contribution in [0.1, 0.15) is 47.6 Å². The first kappa shape index (κ1) is 25.3. The maximum absolute atomic E-state index is 14.6. The van der Waals surface area contributed by atoms with Crippen LogP contribution in [0.4, 0.5) is 4.39 Å². The molecule has 1 aromatic carbocycles. The molecule has 1 saturated carbocycles. The standard InChI is InChI=1S/C30H30FN3O5/c1-17-21(6-8-25(33-17)38-11-3-10-34-9-2-4-27(34)35)18-5-7-24(31)20(12-18)16-39-26-14-19-13-22-28(23(19)15-32-26)29(22)30(36)37/h5-8,12,14-15,22,28-29H,2-4,9-11,13,16H2,1H3,(H,36,37). The number of carbonyl (C=O) groups is 2. The van der Waals surface area contributed by atoms with Crippen LogP contribution in [-0.2, 0) is 22.6 Å². The van der Waals surface area contributed by atoms with Crippen LogP contribution in [0.15, 0.2) is 42.6 Å². The van der Waals surface area contributed by atoms with E-state index in [1.165, 1.54) is 6.07 Å². The number of nitrogens with zero attached hydrogens (tertiary/aromatic N) is 3. The zero-order valence-electron chi connectivity index (χ0n) is 21.7. The Morgan fingerprint density at radius 2 is 2.05 bits per heavy atom. The van der Waals surface area contributed by atoms with E-state index in [-0.39, 0.29) is 36.1 Å². The first-order valence-electron chi connectivity index (χ1n) is 13.4. The van der Waals surface area contributed by atoms with Gasteiger partial charge in [-0.1, -0.05) is 6.07 Å². The van der Waals surface area contributed by atoms with E-state index in [1.54, 1.807) is 24.4 Å². The van der Waals surface area contributed by atoms with Crippen LogP contribution in [0, 0.1) is 24.6 Å². The highest BCUT2D eigenvalue weighted by Crippen LogP contribution is 2.61. The summed E-state index contributed by atoms with van der Waals surface area (Å²) in [6.07, 6.45) is 4.74. The van der Waals surface area contributed by atoms with Gasteiger partial charge in [-0.2, -0.15) is 0 Å². The van der Waals surface area contributed by atoms with Crippen LogP contribution in [0.5, 0.6) is 11.8 Å². The van der Waals surface area contributed by atoms with Gasteiger partial charge >= 0.3 is 5.97 Å². The highest BCUT2D eigenvalue weighted by atomic mass is 19.1. The third kappa shape index (κ3) is 5.05. The van der Waals surface area contributed by atoms with Crippen molar-refractivity contribution in [1.82, 2.24) is 14.9 Å². The molecule has 3 aliphatic rings. The predicted molar refractivity (Wildman–Crippen MR) is 140 cm³/mol. The van der Waals surface area contributed by atoms with E-state index in [4.69, 9.17) is 9.47 Å². The second-order valence-electron chi connectivity index (χ2n) is 10.5. The van der Waals surface area contributed by atoms with Crippen molar-refractivity contribution in [2.24, 2.45) is 11.8 Å². The van der Waals surface area contributed by atoms with Crippen LogP contribution >= 0.6 is 0 Å². The van der Waals surface area contributed by atoms with E-state index in [0.29, 0.717) is 43.3 Å². The van der Waals surface area contributed by atoms with Crippen molar-refractivity contribution in [2.75, 3.05) is 19.7 Å². The summed E-state index contributed by atoms with van der Waals surface area (Å²) in [5, 5.41) is 9.29. The molecular weight excluding hydrogens is 501 g/mol. The largest absolute Gasteiger partial charge is 0.481 e. The minimum atomic E-state index is -0.745. The van der Waals surface area contributed by atoms with Crippen LogP contribution < -0.4 is 9.47 Å². The monoisotopic (exact) mass is 531 g/mol. The summed E-state index contributed by atoms with van der Waals surface area (Å²) < 4.78 is 26.3. The molecule has 2 fully saturated rings. The number of benzene rings is 1. The second kappa shape index (κ2) is 10.3. The smallest absolute Gasteiger partial charge is 0.307 e. The van der Waals surface area contributed by atoms with Gasteiger partial charge < -0.3 is 19.5 Å². The zero-order valence-corrected chi connectivity index (χ0v) is 21.7. The highest BCUT2D eigenvalue weighted by molar-refractivity contribution is 5.78. The average Bonchev–Trinajstić information content (AvgIpc) is 3.28. The fraction of sp³-hybridized carbons (Fsp3) is 0.400. The van der Waals surface area contributed by atoms with Crippen LogP contribution in [0.25, 0.3) is 11.1 Å². The van der Waals surface area contributed by atoms with Gasteiger partial charge in [-0.15, -0.1) is 0 Å². The van der Waals surface area contributed by atoms with E-state index in [0.717, 1.165) is 47.3 Å². The van der Waals surface area contributed by atoms with Crippen molar-refractivity contribution in [3.8, 4) is 22.9 Å². The van der Waals surface area contributed by atoms with Gasteiger partial charge in [0.05, 0.1) is 12.5 Å². The molecule has 3 aromatic rings. The molecule has 2 aliphatic carbocycles. The molecule has 1 saturated heterocycles. The number of aryl methyl sites for hydroxylation is 1. The van der Waals surface area contributed by atoms with Crippen molar-refractivity contribution in [3.05, 3.63) is 70.8 Å². The maximum Gasteiger partial charge on any atom is 0.307 e. The SMILES string of the molecule is Cc1nc(OCCCN2CCCC2=O)ccc1-c1ccc(F)c(COc2cc3c(cn2)C2C(C3)C2C(=O)O)c1. The fourth-order valence-corrected chi connectivity index (χ4v) is 5.98. The number of fused-ring (bicyclic) bond motifs is 3. The molecular formula is C30H30FN3O5. The summed E-state index contributed by atoms with van der Waals surface area (Å²) in [6.45, 7) is 3.91. The number of likely N-dealkylation sites (tertiary alicyclic amines) is 1. The Hall–Kier alpha value is -4.01. The van der Waals surface area contributed by atoms with E-state index in [9.17, 15) is 19.1 Å². The molecule has 1 aliphatic heterocycles. The lowest BCUT2D eigenvalue weighted by Gasteiger charge is -2.15. The minimum Gasteiger partial charge on any atom is -0.481 e. The quantitative estimate of drug-likeness (QED) is 0.384. The van der Waals surface area contributed by atoms with Crippen molar-refractivity contribution < 1.29 is 28.6 Å². The molecule has 0 bridgehead atoms. The molecule has 0 spiro atoms. The summed E-state index contributed by atoms with van der Waals surface area (Å²) in [5.74, 6) is -0.0654. The molecule has 6 rings (SSSR count). The highest BCUT2D eigenvalue weighted by Gasteiger charge is 2.59. The summed E-state index contributed by atoms with van der Waals surface area (Å²) in [7, 11) is 0. The third-order valence-corrected chi connectivity index (χ3v) is 8.05. The third-order valence-electron chi connectivity index (χ3n) is 8.05. The lowest BCUT2D eigenvalue weighted by Crippen LogP contribution is -2.26. The number of rotatable bonds is 10. The Labute approximate surface area is 225 Å². The van der Waals surface area contributed by atoms with Gasteiger partial charge in [-0.25, -0.2) is 14.4 Å². The Kier molecular flexibility index (Phi) is 6.66. The number of aliphatic carboxylic acids is 1. The zero-order chi connectivity index (χ0) is 27.1. The number of ether oxygens (including phenoxy) is 2. The van der Waals surface area contributed by atoms with Crippen LogP contribution in [-0.4, -0.2) is 51.5 Å². The van der Waals surface area contributed by atoms with E-state index in [2.05, 4.69) is 9.97 Å². The van der Waals surface area contributed by atoms with Gasteiger partial charge in [-0.05, 0) is 67.0 Å². The predicted octanol–water partition coefficient (Wildman–Crippen LogP) is 4.53. The molecule has 1 N–H and O–H groups in total. The van der Waals surface area contributed by atoms with Crippen molar-refractivity contribution >= 4 is 11.9 Å². The van der Waals surface area contributed by atoms with E-state index >= 15 is 0 Å². The van der Waals surface area contributed by atoms with Gasteiger partial charge in [0.1, 0.15) is 12.4 Å². The number of hydrogen-bond donors (Lipinski definition) is 1. The van der Waals surface area contributed by atoms with Crippen LogP contribution in [0.3, 0.4) is 0 Å². The molecule has 8 nitrogen and oxygen atoms in total. The Morgan fingerprint density at radius 1 is 1.18 bits per heavy atom. The summed E-state index contributed by atoms with van der Waals surface area (Å²) >= 11 is 0. The first-order valence-corrected chi connectivity index (χ1v) is 13.4. The van der Waals surface area contributed by atoms with Gasteiger partial charge in [0.2, 0.25) is 17.7 Å². The molecule has 2 aromatic heterocycles. The molecule has 202 valence electrons. The fourth-order valence-electron chi connectivity index (χ4n) is 5.98. The van der Waals surface area contributed by atoms with E-state index in [1.807, 2.05) is 24.0 Å². The summed E-state index contributed by atoms with van der Waals surface area (Å²) in [6, 6.07) is 10.5. The molecule has 3 atom stereocenters. The number of carbonyl (C=O) groups excluding carboxylic acids is 1. The maximum atomic E-state index is 14.6. The van der Waals surface area contributed by atoms with Crippen molar-refractivity contribution in [3.63, 3.8) is 0 Å². The van der Waals surface area contributed by atoms with E-state index < -0.39 is 5.97 Å². The number of aromatic nitrogens is 2. The van der Waals surface area contributed by atoms with Gasteiger partial charge in [0, 0.05) is 60.6 Å². The number of amides is 1. The number of carboxylic acid groups (broad SMARTS) is 1. The van der Waals surface area contributed by atoms with Gasteiger partial charge in [0.25, 0.3) is 0 Å². The summed E-state index contributed by atoms with van der Waals surface area (Å²) in [5.41, 5.74) is 4.91. The lowest BCUT2D eigenvalue weighted by molar-refractivity contribution is -0.139. The lowest BCUT2D eigenvalue weighted by atomic mass is 10.0. The molecule has 39 heavy (non-hydrogen) atoms. The summed E-state index contributed by atoms with van der Waals surface area (Å²) in [4.78, 5) is 33.8. The minimum absolute atomic E-state index is 0.0171. The average molecular weight is 532 g/mol. The molecule has 1 amide bonds. The number of halogens is 1. The Morgan fingerprint density at radius 3 is 2.82 bits per heavy atom. The Balaban J connectivity index is 1.07. The molecule has 9 heteroatoms. The van der Waals surface area contributed by atoms with Crippen molar-refractivity contribution in [2.45, 2.75) is 45.1 Å². The number of carboxylic acids is 1. The number of pyridine rings is 2. The van der Waals surface area contributed by atoms with Crippen molar-refractivity contribution in [1.29, 1.82) is 0 Å². The number of hydrogen-bond acceptors (Lipinski definition) is 6. The molecule has 0 radical (unpaired) electrons. The molecule has 3 heterocycles. The molecule has 3 unspecified atom stereocenters. The first-order chi connectivity index (χ1) is 18.9. The van der Waals surface area contributed by atoms with Gasteiger partial charge in [-0.3, -0.25) is 9.59 Å².